The van der Waals surface area contributed by atoms with Crippen LogP contribution in [-0.4, -0.2) is 43.0 Å². The van der Waals surface area contributed by atoms with Gasteiger partial charge in [0.05, 0.1) is 5.56 Å². The number of thiophene rings is 1. The van der Waals surface area contributed by atoms with Crippen LogP contribution in [0.15, 0.2) is 34.1 Å². The molecule has 0 atom stereocenters. The molecule has 1 aromatic carbocycles. The number of benzene rings is 1. The topological polar surface area (TPSA) is 87.5 Å². The fourth-order valence-corrected chi connectivity index (χ4v) is 4.75. The number of anilines is 1. The third-order valence-electron chi connectivity index (χ3n) is 4.79. The first-order valence-corrected chi connectivity index (χ1v) is 11.2. The highest BCUT2D eigenvalue weighted by Crippen LogP contribution is 2.36. The Kier molecular flexibility index (Phi) is 7.47. The molecule has 3 amide bonds. The van der Waals surface area contributed by atoms with Gasteiger partial charge in [-0.3, -0.25) is 10.1 Å². The van der Waals surface area contributed by atoms with Crippen LogP contribution in [-0.2, 0) is 0 Å². The molecule has 0 unspecified atom stereocenters. The Hall–Kier alpha value is -1.90. The first-order chi connectivity index (χ1) is 13.5. The van der Waals surface area contributed by atoms with E-state index in [1.807, 2.05) is 29.6 Å². The number of primary amides is 1. The lowest BCUT2D eigenvalue weighted by molar-refractivity contribution is 0.100. The Morgan fingerprint density at radius 3 is 2.71 bits per heavy atom. The van der Waals surface area contributed by atoms with Crippen LogP contribution in [0.3, 0.4) is 0 Å². The molecule has 4 N–H and O–H groups in total. The molecule has 0 radical (unpaired) electrons. The number of carbonyl (C=O) groups excluding carboxylic acids is 2. The zero-order valence-corrected chi connectivity index (χ0v) is 18.1. The van der Waals surface area contributed by atoms with Crippen molar-refractivity contribution in [2.24, 2.45) is 5.73 Å². The van der Waals surface area contributed by atoms with Gasteiger partial charge in [0.25, 0.3) is 5.91 Å². The molecule has 8 heteroatoms. The number of likely N-dealkylation sites (tertiary alicyclic amines) is 1. The number of nitrogens with one attached hydrogen (secondary N) is 2. The molecule has 1 saturated heterocycles. The first kappa shape index (κ1) is 20.8. The van der Waals surface area contributed by atoms with E-state index >= 15 is 0 Å². The van der Waals surface area contributed by atoms with Gasteiger partial charge in [-0.1, -0.05) is 28.1 Å². The number of nitrogens with zero attached hydrogens (tertiary/aromatic N) is 1. The minimum Gasteiger partial charge on any atom is -0.365 e. The van der Waals surface area contributed by atoms with Crippen molar-refractivity contribution in [2.75, 3.05) is 31.5 Å². The van der Waals surface area contributed by atoms with Gasteiger partial charge < -0.3 is 16.0 Å². The van der Waals surface area contributed by atoms with Crippen LogP contribution in [0, 0.1) is 0 Å². The van der Waals surface area contributed by atoms with E-state index in [0.717, 1.165) is 35.0 Å². The van der Waals surface area contributed by atoms with E-state index in [2.05, 4.69) is 31.5 Å². The minimum absolute atomic E-state index is 0.314. The lowest BCUT2D eigenvalue weighted by Gasteiger charge is -2.14. The normalized spacial score (nSPS) is 14.2. The predicted octanol–water partition coefficient (Wildman–Crippen LogP) is 4.27. The van der Waals surface area contributed by atoms with E-state index in [1.54, 1.807) is 0 Å². The molecular formula is C20H25BrN4O2S. The second kappa shape index (κ2) is 10.0. The van der Waals surface area contributed by atoms with E-state index in [-0.39, 0.29) is 6.03 Å². The number of nitrogens with two attached hydrogens (primary N) is 1. The molecule has 0 saturated carbocycles. The summed E-state index contributed by atoms with van der Waals surface area (Å²) in [6.45, 7) is 4.09. The van der Waals surface area contributed by atoms with Gasteiger partial charge in [-0.15, -0.1) is 11.3 Å². The highest BCUT2D eigenvalue weighted by Gasteiger charge is 2.19. The Morgan fingerprint density at radius 1 is 1.21 bits per heavy atom. The summed E-state index contributed by atoms with van der Waals surface area (Å²) in [6, 6.07) is 7.31. The molecule has 1 aliphatic rings. The molecule has 3 rings (SSSR count). The molecule has 2 aromatic rings. The van der Waals surface area contributed by atoms with Gasteiger partial charge in [-0.2, -0.15) is 0 Å². The summed E-state index contributed by atoms with van der Waals surface area (Å²) in [5.74, 6) is -0.558. The highest BCUT2D eigenvalue weighted by molar-refractivity contribution is 9.10. The van der Waals surface area contributed by atoms with Crippen molar-refractivity contribution in [1.29, 1.82) is 0 Å². The van der Waals surface area contributed by atoms with Crippen molar-refractivity contribution in [1.82, 2.24) is 10.2 Å². The number of amides is 3. The van der Waals surface area contributed by atoms with Gasteiger partial charge in [-0.25, -0.2) is 4.79 Å². The Morgan fingerprint density at radius 2 is 2.00 bits per heavy atom. The summed E-state index contributed by atoms with van der Waals surface area (Å²) in [5, 5.41) is 7.94. The maximum absolute atomic E-state index is 12.2. The zero-order chi connectivity index (χ0) is 19.9. The van der Waals surface area contributed by atoms with Crippen LogP contribution in [0.5, 0.6) is 0 Å². The summed E-state index contributed by atoms with van der Waals surface area (Å²) in [5.41, 5.74) is 7.52. The first-order valence-electron chi connectivity index (χ1n) is 9.49. The molecular weight excluding hydrogens is 440 g/mol. The molecule has 0 aliphatic carbocycles. The predicted molar refractivity (Wildman–Crippen MR) is 118 cm³/mol. The smallest absolute Gasteiger partial charge is 0.319 e. The summed E-state index contributed by atoms with van der Waals surface area (Å²) in [7, 11) is 0. The maximum Gasteiger partial charge on any atom is 0.319 e. The van der Waals surface area contributed by atoms with E-state index in [9.17, 15) is 9.59 Å². The molecule has 0 spiro atoms. The van der Waals surface area contributed by atoms with Gasteiger partial charge in [0.2, 0.25) is 0 Å². The molecule has 2 heterocycles. The SMILES string of the molecule is NC(=O)c1c(-c2cccc(Br)c2)csc1NC(=O)NCCCCN1CCCC1. The molecule has 6 nitrogen and oxygen atoms in total. The third-order valence-corrected chi connectivity index (χ3v) is 6.17. The molecule has 1 fully saturated rings. The quantitative estimate of drug-likeness (QED) is 0.509. The number of hydrogen-bond acceptors (Lipinski definition) is 4. The summed E-state index contributed by atoms with van der Waals surface area (Å²) in [4.78, 5) is 26.7. The van der Waals surface area contributed by atoms with Crippen LogP contribution in [0.1, 0.15) is 36.0 Å². The summed E-state index contributed by atoms with van der Waals surface area (Å²) in [6.07, 6.45) is 4.59. The number of urea groups is 1. The number of carbonyl (C=O) groups is 2. The van der Waals surface area contributed by atoms with Crippen molar-refractivity contribution in [3.8, 4) is 11.1 Å². The van der Waals surface area contributed by atoms with E-state index in [1.165, 1.54) is 37.3 Å². The summed E-state index contributed by atoms with van der Waals surface area (Å²) < 4.78 is 0.910. The molecule has 0 bridgehead atoms. The lowest BCUT2D eigenvalue weighted by atomic mass is 10.0. The monoisotopic (exact) mass is 464 g/mol. The van der Waals surface area contributed by atoms with Crippen molar-refractivity contribution in [3.63, 3.8) is 0 Å². The molecule has 150 valence electrons. The van der Waals surface area contributed by atoms with Gasteiger partial charge in [0.15, 0.2) is 0 Å². The highest BCUT2D eigenvalue weighted by atomic mass is 79.9. The van der Waals surface area contributed by atoms with Crippen LogP contribution < -0.4 is 16.4 Å². The van der Waals surface area contributed by atoms with Crippen LogP contribution in [0.4, 0.5) is 9.80 Å². The Bertz CT molecular complexity index is 833. The number of hydrogen-bond donors (Lipinski definition) is 3. The fourth-order valence-electron chi connectivity index (χ4n) is 3.38. The largest absolute Gasteiger partial charge is 0.365 e. The van der Waals surface area contributed by atoms with Crippen LogP contribution >= 0.6 is 27.3 Å². The van der Waals surface area contributed by atoms with Gasteiger partial charge in [-0.05, 0) is 63.0 Å². The maximum atomic E-state index is 12.2. The van der Waals surface area contributed by atoms with E-state index in [4.69, 9.17) is 5.73 Å². The van der Waals surface area contributed by atoms with Crippen LogP contribution in [0.2, 0.25) is 0 Å². The Labute approximate surface area is 177 Å². The third kappa shape index (κ3) is 5.56. The van der Waals surface area contributed by atoms with E-state index in [0.29, 0.717) is 17.1 Å². The van der Waals surface area contributed by atoms with Gasteiger partial charge in [0, 0.05) is 22.0 Å². The fraction of sp³-hybridized carbons (Fsp3) is 0.400. The minimum atomic E-state index is -0.558. The number of halogens is 1. The van der Waals surface area contributed by atoms with Gasteiger partial charge in [0.1, 0.15) is 5.00 Å². The average Bonchev–Trinajstić information content (AvgIpc) is 3.31. The van der Waals surface area contributed by atoms with Crippen molar-refractivity contribution in [2.45, 2.75) is 25.7 Å². The standard InChI is InChI=1S/C20H25BrN4O2S/c21-15-7-5-6-14(12-15)16-13-28-19(17(16)18(22)26)24-20(27)23-8-1-2-9-25-10-3-4-11-25/h5-7,12-13H,1-4,8-11H2,(H2,22,26)(H2,23,24,27). The Balaban J connectivity index is 1.54. The van der Waals surface area contributed by atoms with Crippen LogP contribution in [0.25, 0.3) is 11.1 Å². The summed E-state index contributed by atoms with van der Waals surface area (Å²) >= 11 is 4.73. The van der Waals surface area contributed by atoms with Gasteiger partial charge >= 0.3 is 6.03 Å². The van der Waals surface area contributed by atoms with Crippen molar-refractivity contribution in [3.05, 3.63) is 39.7 Å². The number of rotatable bonds is 8. The lowest BCUT2D eigenvalue weighted by Crippen LogP contribution is -2.30. The zero-order valence-electron chi connectivity index (χ0n) is 15.7. The molecule has 1 aliphatic heterocycles. The number of unbranched alkanes of at least 4 members (excludes halogenated alkanes) is 1. The second-order valence-electron chi connectivity index (χ2n) is 6.86. The van der Waals surface area contributed by atoms with E-state index < -0.39 is 5.91 Å². The second-order valence-corrected chi connectivity index (χ2v) is 8.66. The molecule has 28 heavy (non-hydrogen) atoms. The molecule has 1 aromatic heterocycles. The average molecular weight is 465 g/mol. The van der Waals surface area contributed by atoms with Crippen molar-refractivity contribution >= 4 is 44.2 Å². The van der Waals surface area contributed by atoms with Crippen molar-refractivity contribution < 1.29 is 9.59 Å².